The number of hydrogen-bond acceptors (Lipinski definition) is 7. The molecule has 1 unspecified atom stereocenters. The van der Waals surface area contributed by atoms with Crippen molar-refractivity contribution in [2.45, 2.75) is 30.5 Å². The Labute approximate surface area is 197 Å². The number of likely N-dealkylation sites (tertiary alicyclic amines) is 1. The molecule has 1 saturated heterocycles. The number of pyridine rings is 1. The number of aliphatic carboxylic acids is 1. The molecule has 1 aliphatic rings. The van der Waals surface area contributed by atoms with Crippen LogP contribution in [-0.4, -0.2) is 58.6 Å². The van der Waals surface area contributed by atoms with Crippen LogP contribution in [0.4, 0.5) is 0 Å². The third-order valence-electron chi connectivity index (χ3n) is 6.46. The van der Waals surface area contributed by atoms with Gasteiger partial charge < -0.3 is 24.3 Å². The molecule has 0 aliphatic carbocycles. The number of aliphatic hydroxyl groups excluding tert-OH is 1. The molecular formula is C25H30N2O5S. The fraction of sp³-hybridized carbons (Fsp3) is 0.440. The summed E-state index contributed by atoms with van der Waals surface area (Å²) in [6.45, 7) is 2.25. The Morgan fingerprint density at radius 3 is 3.00 bits per heavy atom. The van der Waals surface area contributed by atoms with Gasteiger partial charge in [0, 0.05) is 30.4 Å². The molecule has 3 heterocycles. The lowest BCUT2D eigenvalue weighted by Crippen LogP contribution is -2.44. The Morgan fingerprint density at radius 2 is 2.24 bits per heavy atom. The molecule has 1 aliphatic heterocycles. The molecule has 0 saturated carbocycles. The number of aliphatic hydroxyl groups is 1. The van der Waals surface area contributed by atoms with Crippen LogP contribution in [-0.2, 0) is 4.79 Å². The molecule has 0 spiro atoms. The van der Waals surface area contributed by atoms with E-state index in [1.54, 1.807) is 31.3 Å². The standard InChI is InChI=1S/C25H30N2O5S/c1-31-18-5-6-22-20(15-18)19(8-10-26-22)23(28)7-4-17-9-11-27(16-21(17)25(29)30)12-14-33-24-3-2-13-32-24/h2-3,5-6,8,10,13,15,17,21,23,28H,4,7,9,11-12,14,16H2,1H3,(H,29,30)/t17-,21+,23?/m1/s1. The van der Waals surface area contributed by atoms with Crippen LogP contribution in [0.25, 0.3) is 10.9 Å². The zero-order chi connectivity index (χ0) is 23.2. The van der Waals surface area contributed by atoms with E-state index in [-0.39, 0.29) is 5.92 Å². The van der Waals surface area contributed by atoms with Gasteiger partial charge in [-0.1, -0.05) is 11.8 Å². The predicted molar refractivity (Wildman–Crippen MR) is 128 cm³/mol. The average molecular weight is 471 g/mol. The number of carboxylic acids is 1. The number of fused-ring (bicyclic) bond motifs is 1. The second-order valence-corrected chi connectivity index (χ2v) is 9.55. The number of methoxy groups -OCH3 is 1. The zero-order valence-electron chi connectivity index (χ0n) is 18.7. The van der Waals surface area contributed by atoms with Crippen molar-refractivity contribution >= 4 is 28.6 Å². The quantitative estimate of drug-likeness (QED) is 0.419. The normalized spacial score (nSPS) is 20.1. The molecular weight excluding hydrogens is 440 g/mol. The summed E-state index contributed by atoms with van der Waals surface area (Å²) in [7, 11) is 1.61. The van der Waals surface area contributed by atoms with Crippen LogP contribution in [0, 0.1) is 11.8 Å². The molecule has 0 amide bonds. The van der Waals surface area contributed by atoms with Gasteiger partial charge in [0.1, 0.15) is 5.75 Å². The van der Waals surface area contributed by atoms with E-state index < -0.39 is 18.0 Å². The van der Waals surface area contributed by atoms with Crippen molar-refractivity contribution in [3.8, 4) is 5.75 Å². The summed E-state index contributed by atoms with van der Waals surface area (Å²) in [5, 5.41) is 22.6. The minimum atomic E-state index is -0.753. The number of carboxylic acid groups (broad SMARTS) is 1. The van der Waals surface area contributed by atoms with Crippen LogP contribution in [0.3, 0.4) is 0 Å². The van der Waals surface area contributed by atoms with E-state index in [0.717, 1.165) is 46.8 Å². The Hall–Kier alpha value is -2.55. The van der Waals surface area contributed by atoms with Gasteiger partial charge in [0.2, 0.25) is 0 Å². The smallest absolute Gasteiger partial charge is 0.308 e. The van der Waals surface area contributed by atoms with E-state index in [9.17, 15) is 15.0 Å². The molecule has 0 radical (unpaired) electrons. The maximum absolute atomic E-state index is 12.0. The minimum Gasteiger partial charge on any atom is -0.497 e. The van der Waals surface area contributed by atoms with E-state index in [4.69, 9.17) is 9.15 Å². The number of ether oxygens (including phenoxy) is 1. The third-order valence-corrected chi connectivity index (χ3v) is 7.36. The summed E-state index contributed by atoms with van der Waals surface area (Å²) in [5.74, 6) is 0.453. The van der Waals surface area contributed by atoms with Gasteiger partial charge in [-0.05, 0) is 73.7 Å². The molecule has 8 heteroatoms. The van der Waals surface area contributed by atoms with Crippen molar-refractivity contribution in [3.63, 3.8) is 0 Å². The first kappa shape index (κ1) is 23.6. The first-order valence-corrected chi connectivity index (χ1v) is 12.3. The highest BCUT2D eigenvalue weighted by molar-refractivity contribution is 7.99. The Bertz CT molecular complexity index is 1060. The number of thioether (sulfide) groups is 1. The minimum absolute atomic E-state index is 0.0498. The van der Waals surface area contributed by atoms with E-state index in [1.807, 2.05) is 36.4 Å². The highest BCUT2D eigenvalue weighted by atomic mass is 32.2. The molecule has 1 aromatic carbocycles. The van der Waals surface area contributed by atoms with Crippen LogP contribution >= 0.6 is 11.8 Å². The van der Waals surface area contributed by atoms with Gasteiger partial charge in [0.15, 0.2) is 5.09 Å². The van der Waals surface area contributed by atoms with Gasteiger partial charge in [0.05, 0.1) is 30.9 Å². The van der Waals surface area contributed by atoms with E-state index in [1.165, 1.54) is 0 Å². The molecule has 3 atom stereocenters. The molecule has 176 valence electrons. The maximum Gasteiger partial charge on any atom is 0.308 e. The lowest BCUT2D eigenvalue weighted by molar-refractivity contribution is -0.146. The van der Waals surface area contributed by atoms with Crippen molar-refractivity contribution < 1.29 is 24.2 Å². The summed E-state index contributed by atoms with van der Waals surface area (Å²) >= 11 is 1.64. The average Bonchev–Trinajstić information content (AvgIpc) is 3.35. The van der Waals surface area contributed by atoms with Crippen molar-refractivity contribution in [2.75, 3.05) is 32.5 Å². The van der Waals surface area contributed by atoms with E-state index in [0.29, 0.717) is 25.1 Å². The lowest BCUT2D eigenvalue weighted by Gasteiger charge is -2.36. The van der Waals surface area contributed by atoms with Gasteiger partial charge in [-0.15, -0.1) is 0 Å². The number of nitrogens with zero attached hydrogens (tertiary/aromatic N) is 2. The molecule has 7 nitrogen and oxygen atoms in total. The molecule has 33 heavy (non-hydrogen) atoms. The first-order chi connectivity index (χ1) is 16.0. The fourth-order valence-corrected chi connectivity index (χ4v) is 5.46. The number of furan rings is 1. The molecule has 2 aromatic heterocycles. The Morgan fingerprint density at radius 1 is 1.36 bits per heavy atom. The van der Waals surface area contributed by atoms with Crippen molar-refractivity contribution in [3.05, 3.63) is 54.4 Å². The largest absolute Gasteiger partial charge is 0.497 e. The van der Waals surface area contributed by atoms with Crippen molar-refractivity contribution in [2.24, 2.45) is 11.8 Å². The van der Waals surface area contributed by atoms with Crippen molar-refractivity contribution in [1.29, 1.82) is 0 Å². The Kier molecular flexibility index (Phi) is 7.90. The molecule has 4 rings (SSSR count). The number of hydrogen-bond donors (Lipinski definition) is 2. The summed E-state index contributed by atoms with van der Waals surface area (Å²) in [4.78, 5) is 18.6. The van der Waals surface area contributed by atoms with Crippen LogP contribution in [0.2, 0.25) is 0 Å². The summed E-state index contributed by atoms with van der Waals surface area (Å²) in [6, 6.07) is 11.3. The number of rotatable bonds is 10. The highest BCUT2D eigenvalue weighted by Gasteiger charge is 2.34. The number of carbonyl (C=O) groups is 1. The second kappa shape index (κ2) is 11.0. The lowest BCUT2D eigenvalue weighted by atomic mass is 9.81. The second-order valence-electron chi connectivity index (χ2n) is 8.45. The van der Waals surface area contributed by atoms with Crippen LogP contribution in [0.5, 0.6) is 5.75 Å². The predicted octanol–water partition coefficient (Wildman–Crippen LogP) is 4.47. The van der Waals surface area contributed by atoms with Gasteiger partial charge in [-0.3, -0.25) is 9.78 Å². The fourth-order valence-electron chi connectivity index (χ4n) is 4.61. The van der Waals surface area contributed by atoms with Crippen LogP contribution < -0.4 is 4.74 Å². The topological polar surface area (TPSA) is 96.0 Å². The van der Waals surface area contributed by atoms with E-state index in [2.05, 4.69) is 9.88 Å². The summed E-state index contributed by atoms with van der Waals surface area (Å²) in [5.41, 5.74) is 1.61. The molecule has 3 aromatic rings. The monoisotopic (exact) mass is 470 g/mol. The molecule has 0 bridgehead atoms. The Balaban J connectivity index is 1.34. The molecule has 2 N–H and O–H groups in total. The number of benzene rings is 1. The zero-order valence-corrected chi connectivity index (χ0v) is 19.5. The van der Waals surface area contributed by atoms with Gasteiger partial charge in [-0.25, -0.2) is 0 Å². The van der Waals surface area contributed by atoms with E-state index >= 15 is 0 Å². The summed E-state index contributed by atoms with van der Waals surface area (Å²) in [6.07, 6.45) is 4.68. The SMILES string of the molecule is COc1ccc2nccc(C(O)CC[C@@H]3CCN(CCSc4ccco4)C[C@@H]3C(=O)O)c2c1. The van der Waals surface area contributed by atoms with Crippen molar-refractivity contribution in [1.82, 2.24) is 9.88 Å². The third kappa shape index (κ3) is 5.88. The number of aromatic nitrogens is 1. The van der Waals surface area contributed by atoms with Gasteiger partial charge in [-0.2, -0.15) is 0 Å². The highest BCUT2D eigenvalue weighted by Crippen LogP contribution is 2.34. The number of piperidine rings is 1. The maximum atomic E-state index is 12.0. The van der Waals surface area contributed by atoms with Gasteiger partial charge >= 0.3 is 5.97 Å². The van der Waals surface area contributed by atoms with Gasteiger partial charge in [0.25, 0.3) is 0 Å². The molecule has 1 fully saturated rings. The van der Waals surface area contributed by atoms with Crippen LogP contribution in [0.1, 0.15) is 30.9 Å². The van der Waals surface area contributed by atoms with Crippen LogP contribution in [0.15, 0.2) is 58.4 Å². The summed E-state index contributed by atoms with van der Waals surface area (Å²) < 4.78 is 10.7. The first-order valence-electron chi connectivity index (χ1n) is 11.3.